The van der Waals surface area contributed by atoms with E-state index in [1.807, 2.05) is 0 Å². The highest BCUT2D eigenvalue weighted by Crippen LogP contribution is 2.30. The lowest BCUT2D eigenvalue weighted by Crippen LogP contribution is -2.25. The molecule has 0 radical (unpaired) electrons. The van der Waals surface area contributed by atoms with Crippen molar-refractivity contribution >= 4 is 44.0 Å². The molecule has 3 aromatic rings. The van der Waals surface area contributed by atoms with E-state index in [4.69, 9.17) is 11.7 Å². The van der Waals surface area contributed by atoms with Crippen molar-refractivity contribution in [1.82, 2.24) is 0 Å². The second kappa shape index (κ2) is 8.71. The Balaban J connectivity index is 2.19. The molecule has 3 rings (SSSR count). The standard InChI is InChI=1S/C21H11F3N2O6S/c1-25-17-11-10-16(14-4-2-3-5-15(14)17)19(27)18(26-32-33(30,31)21(22,23)24)12-6-8-13(9-7-12)20(28)29/h2-11H,(H,28,29)/b26-18+. The molecule has 33 heavy (non-hydrogen) atoms. The van der Waals surface area contributed by atoms with Gasteiger partial charge in [0.2, 0.25) is 5.78 Å². The van der Waals surface area contributed by atoms with E-state index >= 15 is 0 Å². The van der Waals surface area contributed by atoms with Crippen LogP contribution in [0.25, 0.3) is 15.6 Å². The number of hydrogen-bond acceptors (Lipinski definition) is 6. The summed E-state index contributed by atoms with van der Waals surface area (Å²) in [6.07, 6.45) is 0. The molecular formula is C21H11F3N2O6S. The molecule has 12 heteroatoms. The summed E-state index contributed by atoms with van der Waals surface area (Å²) < 4.78 is 64.4. The number of benzene rings is 3. The highest BCUT2D eigenvalue weighted by Gasteiger charge is 2.49. The fourth-order valence-corrected chi connectivity index (χ4v) is 3.09. The number of carboxylic acid groups (broad SMARTS) is 1. The van der Waals surface area contributed by atoms with Crippen LogP contribution in [-0.2, 0) is 14.4 Å². The zero-order valence-corrected chi connectivity index (χ0v) is 17.0. The first-order valence-corrected chi connectivity index (χ1v) is 10.2. The smallest absolute Gasteiger partial charge is 0.478 e. The average Bonchev–Trinajstić information content (AvgIpc) is 2.77. The fourth-order valence-electron chi connectivity index (χ4n) is 2.83. The number of ketones is 1. The maximum Gasteiger partial charge on any atom is 0.536 e. The van der Waals surface area contributed by atoms with Gasteiger partial charge in [0.25, 0.3) is 0 Å². The first-order chi connectivity index (χ1) is 15.5. The van der Waals surface area contributed by atoms with Crippen LogP contribution < -0.4 is 0 Å². The lowest BCUT2D eigenvalue weighted by atomic mass is 9.95. The van der Waals surface area contributed by atoms with E-state index < -0.39 is 33.1 Å². The normalized spacial score (nSPS) is 12.2. The van der Waals surface area contributed by atoms with Crippen LogP contribution in [0.1, 0.15) is 26.3 Å². The molecular weight excluding hydrogens is 465 g/mol. The number of carboxylic acids is 1. The van der Waals surface area contributed by atoms with Crippen molar-refractivity contribution in [3.63, 3.8) is 0 Å². The Morgan fingerprint density at radius 3 is 2.06 bits per heavy atom. The lowest BCUT2D eigenvalue weighted by molar-refractivity contribution is -0.0541. The lowest BCUT2D eigenvalue weighted by Gasteiger charge is -2.11. The van der Waals surface area contributed by atoms with Crippen LogP contribution in [0.4, 0.5) is 18.9 Å². The third-order valence-electron chi connectivity index (χ3n) is 4.40. The predicted molar refractivity (Wildman–Crippen MR) is 111 cm³/mol. The SMILES string of the molecule is [C-]#[N+]c1ccc(C(=O)/C(=N/OS(=O)(=O)C(F)(F)F)c2ccc(C(=O)O)cc2)c2ccccc12. The van der Waals surface area contributed by atoms with Crippen LogP contribution in [0.3, 0.4) is 0 Å². The van der Waals surface area contributed by atoms with Gasteiger partial charge in [0.1, 0.15) is 0 Å². The van der Waals surface area contributed by atoms with Crippen molar-refractivity contribution in [2.75, 3.05) is 0 Å². The average molecular weight is 476 g/mol. The second-order valence-corrected chi connectivity index (χ2v) is 7.94. The summed E-state index contributed by atoms with van der Waals surface area (Å²) in [4.78, 5) is 27.7. The number of carbonyl (C=O) groups is 2. The minimum Gasteiger partial charge on any atom is -0.478 e. The molecule has 1 N–H and O–H groups in total. The Morgan fingerprint density at radius 1 is 0.939 bits per heavy atom. The van der Waals surface area contributed by atoms with Gasteiger partial charge in [-0.15, -0.1) is 0 Å². The summed E-state index contributed by atoms with van der Waals surface area (Å²) >= 11 is 0. The molecule has 168 valence electrons. The van der Waals surface area contributed by atoms with Gasteiger partial charge >= 0.3 is 21.6 Å². The first kappa shape index (κ1) is 23.4. The summed E-state index contributed by atoms with van der Waals surface area (Å²) in [6.45, 7) is 7.25. The van der Waals surface area contributed by atoms with E-state index in [0.717, 1.165) is 24.3 Å². The van der Waals surface area contributed by atoms with Gasteiger partial charge in [-0.1, -0.05) is 53.7 Å². The van der Waals surface area contributed by atoms with Crippen LogP contribution in [-0.4, -0.2) is 36.5 Å². The molecule has 8 nitrogen and oxygen atoms in total. The molecule has 0 spiro atoms. The summed E-state index contributed by atoms with van der Waals surface area (Å²) in [6, 6.07) is 13.0. The number of rotatable bonds is 6. The number of nitrogens with zero attached hydrogens (tertiary/aromatic N) is 2. The van der Waals surface area contributed by atoms with Crippen LogP contribution >= 0.6 is 0 Å². The summed E-state index contributed by atoms with van der Waals surface area (Å²) in [5, 5.41) is 12.6. The van der Waals surface area contributed by atoms with Crippen molar-refractivity contribution in [2.45, 2.75) is 5.51 Å². The first-order valence-electron chi connectivity index (χ1n) is 8.82. The van der Waals surface area contributed by atoms with Gasteiger partial charge in [-0.3, -0.25) is 9.08 Å². The van der Waals surface area contributed by atoms with Crippen molar-refractivity contribution in [1.29, 1.82) is 0 Å². The van der Waals surface area contributed by atoms with E-state index in [1.165, 1.54) is 18.2 Å². The second-order valence-electron chi connectivity index (χ2n) is 6.42. The fraction of sp³-hybridized carbons (Fsp3) is 0.0476. The van der Waals surface area contributed by atoms with Crippen molar-refractivity contribution in [3.05, 3.63) is 88.8 Å². The highest BCUT2D eigenvalue weighted by atomic mass is 32.2. The van der Waals surface area contributed by atoms with E-state index in [0.29, 0.717) is 5.39 Å². The molecule has 0 fully saturated rings. The zero-order chi connectivity index (χ0) is 24.4. The molecule has 0 heterocycles. The summed E-state index contributed by atoms with van der Waals surface area (Å²) in [5.74, 6) is -2.31. The van der Waals surface area contributed by atoms with Crippen LogP contribution in [0, 0.1) is 6.57 Å². The van der Waals surface area contributed by atoms with E-state index in [9.17, 15) is 31.2 Å². The molecule has 0 unspecified atom stereocenters. The number of aromatic carboxylic acids is 1. The number of alkyl halides is 3. The molecule has 0 bridgehead atoms. The molecule has 0 aromatic heterocycles. The summed E-state index contributed by atoms with van der Waals surface area (Å²) in [5.41, 5.74) is -6.88. The predicted octanol–water partition coefficient (Wildman–Crippen LogP) is 4.54. The van der Waals surface area contributed by atoms with Gasteiger partial charge in [0, 0.05) is 11.1 Å². The number of halogens is 3. The molecule has 0 saturated heterocycles. The van der Waals surface area contributed by atoms with Crippen molar-refractivity contribution < 1.29 is 40.6 Å². The number of Topliss-reactive ketones (excluding diaryl/α,β-unsaturated/α-hetero) is 1. The quantitative estimate of drug-likeness (QED) is 0.184. The third-order valence-corrected chi connectivity index (χ3v) is 5.23. The van der Waals surface area contributed by atoms with E-state index in [-0.39, 0.29) is 27.8 Å². The van der Waals surface area contributed by atoms with Gasteiger partial charge in [-0.25, -0.2) is 9.64 Å². The Bertz CT molecular complexity index is 1440. The highest BCUT2D eigenvalue weighted by molar-refractivity contribution is 7.87. The zero-order valence-electron chi connectivity index (χ0n) is 16.2. The Kier molecular flexibility index (Phi) is 6.19. The monoisotopic (exact) mass is 476 g/mol. The Labute approximate surface area is 184 Å². The van der Waals surface area contributed by atoms with Crippen LogP contribution in [0.15, 0.2) is 65.8 Å². The number of carbonyl (C=O) groups excluding carboxylic acids is 1. The molecule has 0 atom stereocenters. The van der Waals surface area contributed by atoms with Gasteiger partial charge < -0.3 is 5.11 Å². The van der Waals surface area contributed by atoms with Gasteiger partial charge in [0.15, 0.2) is 11.4 Å². The van der Waals surface area contributed by atoms with Gasteiger partial charge in [-0.2, -0.15) is 21.6 Å². The maximum atomic E-state index is 13.3. The largest absolute Gasteiger partial charge is 0.536 e. The number of fused-ring (bicyclic) bond motifs is 1. The summed E-state index contributed by atoms with van der Waals surface area (Å²) in [7, 11) is -6.16. The minimum absolute atomic E-state index is 0.0907. The van der Waals surface area contributed by atoms with Crippen LogP contribution in [0.2, 0.25) is 0 Å². The number of oxime groups is 1. The minimum atomic E-state index is -6.16. The van der Waals surface area contributed by atoms with E-state index in [1.54, 1.807) is 18.2 Å². The Morgan fingerprint density at radius 2 is 1.52 bits per heavy atom. The topological polar surface area (TPSA) is 114 Å². The van der Waals surface area contributed by atoms with E-state index in [2.05, 4.69) is 14.3 Å². The molecule has 0 aliphatic rings. The molecule has 0 saturated carbocycles. The van der Waals surface area contributed by atoms with Crippen molar-refractivity contribution in [3.8, 4) is 0 Å². The molecule has 0 aliphatic heterocycles. The van der Waals surface area contributed by atoms with Gasteiger partial charge in [0.05, 0.1) is 12.1 Å². The van der Waals surface area contributed by atoms with Crippen LogP contribution in [0.5, 0.6) is 0 Å². The molecule has 0 amide bonds. The maximum absolute atomic E-state index is 13.3. The molecule has 0 aliphatic carbocycles. The molecule has 3 aromatic carbocycles. The third kappa shape index (κ3) is 4.68. The number of hydrogen-bond donors (Lipinski definition) is 1. The Hall–Kier alpha value is -4.24. The van der Waals surface area contributed by atoms with Crippen molar-refractivity contribution in [2.24, 2.45) is 5.16 Å². The van der Waals surface area contributed by atoms with Gasteiger partial charge in [-0.05, 0) is 22.9 Å².